The van der Waals surface area contributed by atoms with E-state index in [1.54, 1.807) is 23.1 Å². The molecule has 5 heteroatoms. The Labute approximate surface area is 126 Å². The zero-order chi connectivity index (χ0) is 13.9. The summed E-state index contributed by atoms with van der Waals surface area (Å²) < 4.78 is 0. The molecule has 1 aromatic carbocycles. The van der Waals surface area contributed by atoms with Gasteiger partial charge in [-0.3, -0.25) is 4.79 Å². The number of carbonyl (C=O) groups excluding carboxylic acids is 1. The first-order chi connectivity index (χ1) is 9.72. The molecular formula is C15H16N2OS2. The molecular weight excluding hydrogens is 288 g/mol. The predicted molar refractivity (Wildman–Crippen MR) is 85.3 cm³/mol. The van der Waals surface area contributed by atoms with Crippen LogP contribution in [0.25, 0.3) is 0 Å². The molecule has 0 aliphatic carbocycles. The van der Waals surface area contributed by atoms with Crippen LogP contribution >= 0.6 is 23.1 Å². The van der Waals surface area contributed by atoms with E-state index in [1.807, 2.05) is 25.1 Å². The molecule has 2 aromatic rings. The number of carbonyl (C=O) groups is 1. The lowest BCUT2D eigenvalue weighted by atomic mass is 10.1. The van der Waals surface area contributed by atoms with E-state index >= 15 is 0 Å². The van der Waals surface area contributed by atoms with Gasteiger partial charge in [-0.05, 0) is 31.4 Å². The third-order valence-electron chi connectivity index (χ3n) is 3.34. The number of hydrogen-bond acceptors (Lipinski definition) is 4. The Bertz CT molecular complexity index is 624. The van der Waals surface area contributed by atoms with Crippen LogP contribution in [0.1, 0.15) is 22.7 Å². The fourth-order valence-electron chi connectivity index (χ4n) is 2.31. The summed E-state index contributed by atoms with van der Waals surface area (Å²) in [6, 6.07) is 8.05. The molecule has 3 nitrogen and oxygen atoms in total. The molecule has 1 atom stereocenters. The molecule has 0 fully saturated rings. The van der Waals surface area contributed by atoms with Crippen molar-refractivity contribution in [1.82, 2.24) is 4.98 Å². The Morgan fingerprint density at radius 2 is 2.30 bits per heavy atom. The van der Waals surface area contributed by atoms with Crippen LogP contribution in [0.3, 0.4) is 0 Å². The van der Waals surface area contributed by atoms with E-state index in [0.717, 1.165) is 35.0 Å². The first-order valence-corrected chi connectivity index (χ1v) is 8.56. The van der Waals surface area contributed by atoms with Gasteiger partial charge in [0.1, 0.15) is 0 Å². The average Bonchev–Trinajstić information content (AvgIpc) is 2.78. The smallest absolute Gasteiger partial charge is 0.237 e. The van der Waals surface area contributed by atoms with E-state index in [1.165, 1.54) is 5.56 Å². The monoisotopic (exact) mass is 304 g/mol. The Morgan fingerprint density at radius 1 is 1.45 bits per heavy atom. The van der Waals surface area contributed by atoms with E-state index in [4.69, 9.17) is 0 Å². The van der Waals surface area contributed by atoms with Crippen molar-refractivity contribution < 1.29 is 4.79 Å². The van der Waals surface area contributed by atoms with Crippen LogP contribution in [0.5, 0.6) is 0 Å². The molecule has 1 aliphatic heterocycles. The van der Waals surface area contributed by atoms with Crippen molar-refractivity contribution in [2.24, 2.45) is 0 Å². The standard InChI is InChI=1S/C15H16N2OS2/c1-10-16-12(8-19-10)9-20-14-7-6-11-4-2-3-5-13(11)17-15(14)18/h2-5,8,14H,6-7,9H2,1H3,(H,17,18)/t14-/m1/s1. The molecule has 1 aliphatic rings. The van der Waals surface area contributed by atoms with E-state index < -0.39 is 0 Å². The van der Waals surface area contributed by atoms with Gasteiger partial charge in [0.25, 0.3) is 0 Å². The summed E-state index contributed by atoms with van der Waals surface area (Å²) in [5, 5.41) is 6.20. The molecule has 0 unspecified atom stereocenters. The Kier molecular flexibility index (Phi) is 4.08. The van der Waals surface area contributed by atoms with Crippen LogP contribution in [-0.4, -0.2) is 16.1 Å². The Hall–Kier alpha value is -1.33. The summed E-state index contributed by atoms with van der Waals surface area (Å²) in [5.41, 5.74) is 3.27. The third-order valence-corrected chi connectivity index (χ3v) is 5.48. The second kappa shape index (κ2) is 5.97. The molecule has 0 saturated heterocycles. The molecule has 104 valence electrons. The quantitative estimate of drug-likeness (QED) is 0.941. The number of para-hydroxylation sites is 1. The molecule has 1 N–H and O–H groups in total. The van der Waals surface area contributed by atoms with E-state index in [2.05, 4.69) is 21.7 Å². The van der Waals surface area contributed by atoms with Crippen LogP contribution in [0.2, 0.25) is 0 Å². The van der Waals surface area contributed by atoms with E-state index in [0.29, 0.717) is 0 Å². The minimum absolute atomic E-state index is 0.00408. The average molecular weight is 304 g/mol. The number of rotatable bonds is 3. The fraction of sp³-hybridized carbons (Fsp3) is 0.333. The summed E-state index contributed by atoms with van der Waals surface area (Å²) in [6.45, 7) is 2.01. The van der Waals surface area contributed by atoms with Crippen molar-refractivity contribution in [3.05, 3.63) is 45.9 Å². The molecule has 0 bridgehead atoms. The summed E-state index contributed by atoms with van der Waals surface area (Å²) in [7, 11) is 0. The first kappa shape index (κ1) is 13.6. The van der Waals surface area contributed by atoms with Gasteiger partial charge in [-0.15, -0.1) is 23.1 Å². The van der Waals surface area contributed by atoms with Crippen LogP contribution in [0, 0.1) is 6.92 Å². The van der Waals surface area contributed by atoms with Gasteiger partial charge in [-0.25, -0.2) is 4.98 Å². The zero-order valence-corrected chi connectivity index (χ0v) is 12.9. The number of anilines is 1. The van der Waals surface area contributed by atoms with Crippen LogP contribution in [-0.2, 0) is 17.0 Å². The van der Waals surface area contributed by atoms with Crippen molar-refractivity contribution in [3.8, 4) is 0 Å². The van der Waals surface area contributed by atoms with Crippen molar-refractivity contribution in [2.75, 3.05) is 5.32 Å². The van der Waals surface area contributed by atoms with Crippen molar-refractivity contribution in [2.45, 2.75) is 30.8 Å². The summed E-state index contributed by atoms with van der Waals surface area (Å²) in [4.78, 5) is 16.7. The largest absolute Gasteiger partial charge is 0.325 e. The lowest BCUT2D eigenvalue weighted by Crippen LogP contribution is -2.23. The van der Waals surface area contributed by atoms with Gasteiger partial charge in [0.2, 0.25) is 5.91 Å². The lowest BCUT2D eigenvalue weighted by molar-refractivity contribution is -0.115. The Balaban J connectivity index is 1.65. The number of aryl methyl sites for hydroxylation is 2. The summed E-state index contributed by atoms with van der Waals surface area (Å²) in [6.07, 6.45) is 1.83. The normalized spacial score (nSPS) is 18.2. The van der Waals surface area contributed by atoms with Gasteiger partial charge in [0, 0.05) is 16.8 Å². The number of thiazole rings is 1. The van der Waals surface area contributed by atoms with Crippen LogP contribution in [0.15, 0.2) is 29.6 Å². The number of amides is 1. The maximum absolute atomic E-state index is 12.3. The van der Waals surface area contributed by atoms with Gasteiger partial charge in [-0.1, -0.05) is 18.2 Å². The maximum atomic E-state index is 12.3. The molecule has 0 saturated carbocycles. The zero-order valence-electron chi connectivity index (χ0n) is 11.3. The third kappa shape index (κ3) is 3.04. The summed E-state index contributed by atoms with van der Waals surface area (Å²) in [5.74, 6) is 0.922. The lowest BCUT2D eigenvalue weighted by Gasteiger charge is -2.11. The molecule has 3 rings (SSSR count). The molecule has 0 radical (unpaired) electrons. The van der Waals surface area contributed by atoms with Crippen molar-refractivity contribution >= 4 is 34.7 Å². The molecule has 20 heavy (non-hydrogen) atoms. The summed E-state index contributed by atoms with van der Waals surface area (Å²) >= 11 is 3.35. The van der Waals surface area contributed by atoms with E-state index in [9.17, 15) is 4.79 Å². The number of thioether (sulfide) groups is 1. The van der Waals surface area contributed by atoms with Crippen LogP contribution in [0.4, 0.5) is 5.69 Å². The highest BCUT2D eigenvalue weighted by Crippen LogP contribution is 2.29. The van der Waals surface area contributed by atoms with Gasteiger partial charge in [0.15, 0.2) is 0 Å². The van der Waals surface area contributed by atoms with Gasteiger partial charge < -0.3 is 5.32 Å². The van der Waals surface area contributed by atoms with E-state index in [-0.39, 0.29) is 11.2 Å². The molecule has 0 spiro atoms. The number of fused-ring (bicyclic) bond motifs is 1. The Morgan fingerprint density at radius 3 is 3.10 bits per heavy atom. The maximum Gasteiger partial charge on any atom is 0.237 e. The van der Waals surface area contributed by atoms with Crippen LogP contribution < -0.4 is 5.32 Å². The first-order valence-electron chi connectivity index (χ1n) is 6.64. The topological polar surface area (TPSA) is 42.0 Å². The SMILES string of the molecule is Cc1nc(CS[C@@H]2CCc3ccccc3NC2=O)cs1. The minimum atomic E-state index is 0.00408. The van der Waals surface area contributed by atoms with Crippen molar-refractivity contribution in [3.63, 3.8) is 0 Å². The molecule has 1 aromatic heterocycles. The second-order valence-electron chi connectivity index (χ2n) is 4.84. The number of hydrogen-bond donors (Lipinski definition) is 1. The highest BCUT2D eigenvalue weighted by atomic mass is 32.2. The number of nitrogens with zero attached hydrogens (tertiary/aromatic N) is 1. The predicted octanol–water partition coefficient (Wildman–Crippen LogP) is 3.64. The van der Waals surface area contributed by atoms with Gasteiger partial charge in [0.05, 0.1) is 16.0 Å². The number of nitrogens with one attached hydrogen (secondary N) is 1. The molecule has 2 heterocycles. The van der Waals surface area contributed by atoms with Gasteiger partial charge >= 0.3 is 0 Å². The highest BCUT2D eigenvalue weighted by molar-refractivity contribution is 7.99. The highest BCUT2D eigenvalue weighted by Gasteiger charge is 2.23. The molecule has 1 amide bonds. The number of benzene rings is 1. The van der Waals surface area contributed by atoms with Crippen molar-refractivity contribution in [1.29, 1.82) is 0 Å². The fourth-order valence-corrected chi connectivity index (χ4v) is 4.04. The minimum Gasteiger partial charge on any atom is -0.325 e. The second-order valence-corrected chi connectivity index (χ2v) is 7.10. The van der Waals surface area contributed by atoms with Gasteiger partial charge in [-0.2, -0.15) is 0 Å². The number of aromatic nitrogens is 1.